The first kappa shape index (κ1) is 19.6. The van der Waals surface area contributed by atoms with Gasteiger partial charge in [0.25, 0.3) is 5.91 Å². The Morgan fingerprint density at radius 3 is 2.40 bits per heavy atom. The quantitative estimate of drug-likeness (QED) is 0.326. The molecule has 3 N–H and O–H groups in total. The van der Waals surface area contributed by atoms with Gasteiger partial charge in [0, 0.05) is 16.5 Å². The first-order chi connectivity index (χ1) is 14.4. The van der Waals surface area contributed by atoms with E-state index in [1.54, 1.807) is 18.2 Å². The molecular weight excluding hydrogens is 441 g/mol. The Morgan fingerprint density at radius 2 is 1.80 bits per heavy atom. The standard InChI is InChI=1S/C23H17Cl2NO3S/c24-16-10-17-15(20(22(29)26-17)21(28)18-5-6-19(25)30-18)9-14(16)12-1-3-13(4-2-12)23(11-27)7-8-23/h1-6,9-10,27-28H,7-8,11H2,(H,26,29). The van der Waals surface area contributed by atoms with Crippen molar-refractivity contribution in [2.75, 3.05) is 11.9 Å². The van der Waals surface area contributed by atoms with E-state index in [-0.39, 0.29) is 29.3 Å². The van der Waals surface area contributed by atoms with Gasteiger partial charge in [-0.25, -0.2) is 0 Å². The number of aliphatic hydroxyl groups excluding tert-OH is 2. The maximum absolute atomic E-state index is 12.6. The summed E-state index contributed by atoms with van der Waals surface area (Å²) in [5.41, 5.74) is 4.05. The van der Waals surface area contributed by atoms with Crippen LogP contribution in [0.3, 0.4) is 0 Å². The highest BCUT2D eigenvalue weighted by atomic mass is 35.5. The van der Waals surface area contributed by atoms with Crippen molar-refractivity contribution in [3.8, 4) is 11.1 Å². The highest BCUT2D eigenvalue weighted by Gasteiger charge is 2.43. The molecule has 3 aromatic rings. The van der Waals surface area contributed by atoms with Crippen LogP contribution in [0.15, 0.2) is 48.5 Å². The van der Waals surface area contributed by atoms with E-state index in [1.165, 1.54) is 11.3 Å². The SMILES string of the molecule is O=C1Nc2cc(Cl)c(-c3ccc(C4(CO)CC4)cc3)cc2C1=C(O)c1ccc(Cl)s1. The third kappa shape index (κ3) is 3.13. The van der Waals surface area contributed by atoms with E-state index < -0.39 is 0 Å². The molecule has 0 bridgehead atoms. The number of rotatable bonds is 4. The Balaban J connectivity index is 1.59. The van der Waals surface area contributed by atoms with E-state index in [9.17, 15) is 15.0 Å². The predicted molar refractivity (Wildman–Crippen MR) is 122 cm³/mol. The van der Waals surface area contributed by atoms with Crippen LogP contribution in [-0.2, 0) is 10.2 Å². The third-order valence-electron chi connectivity index (χ3n) is 5.86. The summed E-state index contributed by atoms with van der Waals surface area (Å²) in [7, 11) is 0. The minimum absolute atomic E-state index is 0.0969. The number of aliphatic hydroxyl groups is 2. The summed E-state index contributed by atoms with van der Waals surface area (Å²) in [5, 5.41) is 23.7. The highest BCUT2D eigenvalue weighted by molar-refractivity contribution is 7.17. The van der Waals surface area contributed by atoms with Crippen molar-refractivity contribution in [1.29, 1.82) is 0 Å². The average Bonchev–Trinajstić information content (AvgIpc) is 3.32. The fourth-order valence-electron chi connectivity index (χ4n) is 3.90. The largest absolute Gasteiger partial charge is 0.506 e. The fourth-order valence-corrected chi connectivity index (χ4v) is 5.17. The molecular formula is C23H17Cl2NO3S. The molecule has 1 amide bonds. The van der Waals surface area contributed by atoms with Crippen LogP contribution >= 0.6 is 34.5 Å². The van der Waals surface area contributed by atoms with E-state index in [2.05, 4.69) is 5.32 Å². The van der Waals surface area contributed by atoms with Crippen LogP contribution in [0.1, 0.15) is 28.8 Å². The van der Waals surface area contributed by atoms with Gasteiger partial charge in [-0.15, -0.1) is 11.3 Å². The van der Waals surface area contributed by atoms with Crippen molar-refractivity contribution in [2.45, 2.75) is 18.3 Å². The molecule has 4 nitrogen and oxygen atoms in total. The molecule has 152 valence electrons. The lowest BCUT2D eigenvalue weighted by atomic mass is 9.93. The zero-order chi connectivity index (χ0) is 21.0. The van der Waals surface area contributed by atoms with Gasteiger partial charge in [0.05, 0.1) is 32.1 Å². The van der Waals surface area contributed by atoms with E-state index >= 15 is 0 Å². The molecule has 0 radical (unpaired) electrons. The van der Waals surface area contributed by atoms with Crippen molar-refractivity contribution in [1.82, 2.24) is 0 Å². The number of halogens is 2. The van der Waals surface area contributed by atoms with Crippen LogP contribution < -0.4 is 5.32 Å². The van der Waals surface area contributed by atoms with Gasteiger partial charge in [-0.2, -0.15) is 0 Å². The van der Waals surface area contributed by atoms with Crippen molar-refractivity contribution in [2.24, 2.45) is 0 Å². The number of carbonyl (C=O) groups excluding carboxylic acids is 1. The van der Waals surface area contributed by atoms with E-state index in [0.717, 1.165) is 29.5 Å². The third-order valence-corrected chi connectivity index (χ3v) is 7.41. The molecule has 0 saturated heterocycles. The molecule has 30 heavy (non-hydrogen) atoms. The topological polar surface area (TPSA) is 69.6 Å². The van der Waals surface area contributed by atoms with Gasteiger partial charge in [0.1, 0.15) is 5.76 Å². The normalized spacial score (nSPS) is 18.2. The fraction of sp³-hybridized carbons (Fsp3) is 0.174. The summed E-state index contributed by atoms with van der Waals surface area (Å²) in [6, 6.07) is 14.9. The van der Waals surface area contributed by atoms with Gasteiger partial charge in [0.2, 0.25) is 0 Å². The van der Waals surface area contributed by atoms with Crippen molar-refractivity contribution in [3.05, 3.63) is 73.9 Å². The molecule has 2 heterocycles. The molecule has 7 heteroatoms. The van der Waals surface area contributed by atoms with Crippen LogP contribution in [0.2, 0.25) is 9.36 Å². The molecule has 5 rings (SSSR count). The van der Waals surface area contributed by atoms with Gasteiger partial charge in [-0.1, -0.05) is 47.5 Å². The Bertz CT molecular complexity index is 1210. The number of benzene rings is 2. The molecule has 1 fully saturated rings. The van der Waals surface area contributed by atoms with Crippen molar-refractivity contribution in [3.63, 3.8) is 0 Å². The molecule has 2 aliphatic rings. The van der Waals surface area contributed by atoms with Gasteiger partial charge in [-0.3, -0.25) is 4.79 Å². The number of amides is 1. The predicted octanol–water partition coefficient (Wildman–Crippen LogP) is 6.12. The lowest BCUT2D eigenvalue weighted by Gasteiger charge is -2.14. The maximum Gasteiger partial charge on any atom is 0.260 e. The Hall–Kier alpha value is -2.31. The van der Waals surface area contributed by atoms with Crippen molar-refractivity contribution >= 4 is 57.5 Å². The summed E-state index contributed by atoms with van der Waals surface area (Å²) < 4.78 is 0.531. The molecule has 2 aromatic carbocycles. The van der Waals surface area contributed by atoms with Gasteiger partial charge in [-0.05, 0) is 48.2 Å². The van der Waals surface area contributed by atoms with Crippen molar-refractivity contribution < 1.29 is 15.0 Å². The number of hydrogen-bond donors (Lipinski definition) is 3. The Kier molecular flexibility index (Phi) is 4.67. The first-order valence-corrected chi connectivity index (χ1v) is 11.1. The maximum atomic E-state index is 12.6. The average molecular weight is 458 g/mol. The van der Waals surface area contributed by atoms with Gasteiger partial charge >= 0.3 is 0 Å². The van der Waals surface area contributed by atoms with Gasteiger partial charge < -0.3 is 15.5 Å². The molecule has 1 saturated carbocycles. The summed E-state index contributed by atoms with van der Waals surface area (Å²) in [4.78, 5) is 13.1. The Morgan fingerprint density at radius 1 is 1.07 bits per heavy atom. The minimum Gasteiger partial charge on any atom is -0.506 e. The first-order valence-electron chi connectivity index (χ1n) is 9.48. The second-order valence-corrected chi connectivity index (χ2v) is 9.80. The lowest BCUT2D eigenvalue weighted by molar-refractivity contribution is -0.110. The second kappa shape index (κ2) is 7.13. The summed E-state index contributed by atoms with van der Waals surface area (Å²) in [6.45, 7) is 0.153. The monoisotopic (exact) mass is 457 g/mol. The van der Waals surface area contributed by atoms with Crippen LogP contribution in [-0.4, -0.2) is 22.7 Å². The smallest absolute Gasteiger partial charge is 0.260 e. The Labute approximate surface area is 187 Å². The number of fused-ring (bicyclic) bond motifs is 1. The van der Waals surface area contributed by atoms with E-state index in [1.807, 2.05) is 30.3 Å². The molecule has 1 aliphatic carbocycles. The van der Waals surface area contributed by atoms with E-state index in [4.69, 9.17) is 23.2 Å². The highest BCUT2D eigenvalue weighted by Crippen LogP contribution is 2.48. The number of hydrogen-bond acceptors (Lipinski definition) is 4. The van der Waals surface area contributed by atoms with Crippen LogP contribution in [0.25, 0.3) is 22.5 Å². The van der Waals surface area contributed by atoms with Crippen LogP contribution in [0, 0.1) is 0 Å². The summed E-state index contributed by atoms with van der Waals surface area (Å²) in [6.07, 6.45) is 1.99. The second-order valence-electron chi connectivity index (χ2n) is 7.67. The minimum atomic E-state index is -0.380. The van der Waals surface area contributed by atoms with Gasteiger partial charge in [0.15, 0.2) is 0 Å². The number of thiophene rings is 1. The van der Waals surface area contributed by atoms with Crippen LogP contribution in [0.4, 0.5) is 5.69 Å². The molecule has 0 unspecified atom stereocenters. The zero-order valence-corrected chi connectivity index (χ0v) is 18.0. The number of nitrogens with one attached hydrogen (secondary N) is 1. The van der Waals surface area contributed by atoms with E-state index in [0.29, 0.717) is 25.5 Å². The summed E-state index contributed by atoms with van der Waals surface area (Å²) in [5.74, 6) is -0.486. The number of carbonyl (C=O) groups is 1. The molecule has 1 aliphatic heterocycles. The lowest BCUT2D eigenvalue weighted by Crippen LogP contribution is -2.11. The molecule has 1 aromatic heterocycles. The summed E-state index contributed by atoms with van der Waals surface area (Å²) >= 11 is 13.7. The molecule has 0 spiro atoms. The zero-order valence-electron chi connectivity index (χ0n) is 15.7. The number of anilines is 1. The molecule has 0 atom stereocenters. The van der Waals surface area contributed by atoms with Crippen LogP contribution in [0.5, 0.6) is 0 Å².